The summed E-state index contributed by atoms with van der Waals surface area (Å²) >= 11 is 0. The van der Waals surface area contributed by atoms with Crippen molar-refractivity contribution in [2.24, 2.45) is 0 Å². The topological polar surface area (TPSA) is 77.2 Å². The van der Waals surface area contributed by atoms with E-state index >= 15 is 0 Å². The molecule has 0 radical (unpaired) electrons. The van der Waals surface area contributed by atoms with Crippen LogP contribution in [0.25, 0.3) is 5.78 Å². The average molecular weight is 224 g/mol. The molecule has 0 aliphatic heterocycles. The summed E-state index contributed by atoms with van der Waals surface area (Å²) in [7, 11) is -3.53. The monoisotopic (exact) mass is 224 g/mol. The summed E-state index contributed by atoms with van der Waals surface area (Å²) in [6.45, 7) is 4.95. The first kappa shape index (κ1) is 9.78. The van der Waals surface area contributed by atoms with E-state index in [9.17, 15) is 8.42 Å². The first-order valence-electron chi connectivity index (χ1n) is 4.09. The second-order valence-electron chi connectivity index (χ2n) is 2.92. The molecule has 0 saturated heterocycles. The van der Waals surface area contributed by atoms with Gasteiger partial charge in [0.15, 0.2) is 5.03 Å². The van der Waals surface area contributed by atoms with E-state index in [4.69, 9.17) is 0 Å². The van der Waals surface area contributed by atoms with E-state index < -0.39 is 9.84 Å². The van der Waals surface area contributed by atoms with Gasteiger partial charge in [-0.2, -0.15) is 14.6 Å². The lowest BCUT2D eigenvalue weighted by Gasteiger charge is -2.02. The molecule has 0 N–H and O–H groups in total. The fourth-order valence-corrected chi connectivity index (χ4v) is 2.06. The van der Waals surface area contributed by atoms with E-state index in [-0.39, 0.29) is 10.8 Å². The minimum absolute atomic E-state index is 0.0255. The molecule has 15 heavy (non-hydrogen) atoms. The van der Waals surface area contributed by atoms with Gasteiger partial charge < -0.3 is 0 Å². The number of hydrogen-bond donors (Lipinski definition) is 0. The third kappa shape index (κ3) is 1.50. The number of fused-ring (bicyclic) bond motifs is 1. The first-order chi connectivity index (χ1) is 7.04. The lowest BCUT2D eigenvalue weighted by Crippen LogP contribution is -2.07. The minimum Gasteiger partial charge on any atom is -0.218 e. The van der Waals surface area contributed by atoms with Gasteiger partial charge in [-0.3, -0.25) is 0 Å². The molecular formula is C8H8N4O2S. The van der Waals surface area contributed by atoms with Gasteiger partial charge in [-0.15, -0.1) is 0 Å². The third-order valence-corrected chi connectivity index (χ3v) is 3.17. The molecule has 0 aromatic carbocycles. The summed E-state index contributed by atoms with van der Waals surface area (Å²) in [4.78, 5) is 7.86. The summed E-state index contributed by atoms with van der Waals surface area (Å²) in [6.07, 6.45) is 1.25. The highest BCUT2D eigenvalue weighted by Crippen LogP contribution is 2.13. The van der Waals surface area contributed by atoms with Gasteiger partial charge in [-0.25, -0.2) is 13.4 Å². The maximum Gasteiger partial charge on any atom is 0.253 e. The van der Waals surface area contributed by atoms with E-state index in [0.29, 0.717) is 5.69 Å². The second kappa shape index (κ2) is 3.13. The molecule has 2 aromatic heterocycles. The molecule has 2 rings (SSSR count). The Bertz CT molecular complexity index is 629. The largest absolute Gasteiger partial charge is 0.253 e. The Kier molecular flexibility index (Phi) is 2.04. The normalized spacial score (nSPS) is 11.8. The predicted octanol–water partition coefficient (Wildman–Crippen LogP) is 0.350. The molecule has 6 nitrogen and oxygen atoms in total. The SMILES string of the molecule is C=CS(=O)(=O)c1cc(C)nc2ncnn12. The van der Waals surface area contributed by atoms with Crippen LogP contribution in [0.1, 0.15) is 5.69 Å². The zero-order chi connectivity index (χ0) is 11.1. The van der Waals surface area contributed by atoms with Crippen molar-refractivity contribution in [2.45, 2.75) is 11.9 Å². The highest BCUT2D eigenvalue weighted by molar-refractivity contribution is 7.94. The maximum absolute atomic E-state index is 11.6. The molecule has 0 fully saturated rings. The molecule has 78 valence electrons. The number of aromatic nitrogens is 4. The zero-order valence-corrected chi connectivity index (χ0v) is 8.77. The van der Waals surface area contributed by atoms with E-state index in [2.05, 4.69) is 21.6 Å². The molecule has 0 aliphatic carbocycles. The second-order valence-corrected chi connectivity index (χ2v) is 4.76. The van der Waals surface area contributed by atoms with E-state index in [1.165, 1.54) is 16.9 Å². The molecule has 2 heterocycles. The van der Waals surface area contributed by atoms with Crippen LogP contribution in [0, 0.1) is 6.92 Å². The van der Waals surface area contributed by atoms with Crippen molar-refractivity contribution in [3.05, 3.63) is 30.1 Å². The molecule has 0 amide bonds. The lowest BCUT2D eigenvalue weighted by molar-refractivity contribution is 0.595. The van der Waals surface area contributed by atoms with Gasteiger partial charge in [-0.1, -0.05) is 6.58 Å². The van der Waals surface area contributed by atoms with Crippen LogP contribution in [0.15, 0.2) is 29.4 Å². The average Bonchev–Trinajstić information content (AvgIpc) is 2.63. The Morgan fingerprint density at radius 3 is 2.93 bits per heavy atom. The van der Waals surface area contributed by atoms with Gasteiger partial charge >= 0.3 is 0 Å². The van der Waals surface area contributed by atoms with E-state index in [1.54, 1.807) is 6.92 Å². The quantitative estimate of drug-likeness (QED) is 0.688. The van der Waals surface area contributed by atoms with Crippen LogP contribution in [0.5, 0.6) is 0 Å². The summed E-state index contributed by atoms with van der Waals surface area (Å²) in [5.41, 5.74) is 0.566. The van der Waals surface area contributed by atoms with Crippen LogP contribution in [0.3, 0.4) is 0 Å². The molecule has 0 aliphatic rings. The smallest absolute Gasteiger partial charge is 0.218 e. The Hall–Kier alpha value is -1.76. The molecule has 0 atom stereocenters. The summed E-state index contributed by atoms with van der Waals surface area (Å²) < 4.78 is 24.4. The highest BCUT2D eigenvalue weighted by atomic mass is 32.2. The number of nitrogens with zero attached hydrogens (tertiary/aromatic N) is 4. The molecular weight excluding hydrogens is 216 g/mol. The molecule has 2 aromatic rings. The van der Waals surface area contributed by atoms with Crippen molar-refractivity contribution in [2.75, 3.05) is 0 Å². The van der Waals surface area contributed by atoms with Crippen LogP contribution in [0.2, 0.25) is 0 Å². The van der Waals surface area contributed by atoms with Gasteiger partial charge in [0.2, 0.25) is 9.84 Å². The Balaban J connectivity index is 2.91. The highest BCUT2D eigenvalue weighted by Gasteiger charge is 2.16. The summed E-state index contributed by atoms with van der Waals surface area (Å²) in [5, 5.41) is 4.69. The van der Waals surface area contributed by atoms with Crippen molar-refractivity contribution >= 4 is 15.6 Å². The number of aryl methyl sites for hydroxylation is 1. The van der Waals surface area contributed by atoms with Crippen LogP contribution >= 0.6 is 0 Å². The molecule has 0 spiro atoms. The fraction of sp³-hybridized carbons (Fsp3) is 0.125. The lowest BCUT2D eigenvalue weighted by atomic mass is 10.5. The van der Waals surface area contributed by atoms with Gasteiger partial charge in [0.25, 0.3) is 5.78 Å². The number of rotatable bonds is 2. The van der Waals surface area contributed by atoms with Crippen molar-refractivity contribution in [1.82, 2.24) is 19.6 Å². The van der Waals surface area contributed by atoms with E-state index in [0.717, 1.165) is 5.41 Å². The standard InChI is InChI=1S/C8H8N4O2S/c1-3-15(13,14)7-4-6(2)11-8-9-5-10-12(7)8/h3-5H,1H2,2H3. The Labute approximate surface area is 86.2 Å². The van der Waals surface area contributed by atoms with E-state index in [1.807, 2.05) is 0 Å². The van der Waals surface area contributed by atoms with Gasteiger partial charge in [-0.05, 0) is 13.0 Å². The van der Waals surface area contributed by atoms with Crippen LogP contribution in [0.4, 0.5) is 0 Å². The van der Waals surface area contributed by atoms with Gasteiger partial charge in [0, 0.05) is 11.1 Å². The molecule has 0 saturated carbocycles. The van der Waals surface area contributed by atoms with Crippen LogP contribution < -0.4 is 0 Å². The fourth-order valence-electron chi connectivity index (χ4n) is 1.19. The summed E-state index contributed by atoms with van der Waals surface area (Å²) in [6, 6.07) is 1.43. The van der Waals surface area contributed by atoms with Crippen molar-refractivity contribution in [3.8, 4) is 0 Å². The van der Waals surface area contributed by atoms with Gasteiger partial charge in [0.05, 0.1) is 0 Å². The first-order valence-corrected chi connectivity index (χ1v) is 5.64. The zero-order valence-electron chi connectivity index (χ0n) is 7.95. The van der Waals surface area contributed by atoms with Crippen LogP contribution in [-0.4, -0.2) is 28.0 Å². The maximum atomic E-state index is 11.6. The molecule has 0 bridgehead atoms. The van der Waals surface area contributed by atoms with Gasteiger partial charge in [0.1, 0.15) is 6.33 Å². The van der Waals surface area contributed by atoms with Crippen molar-refractivity contribution in [1.29, 1.82) is 0 Å². The van der Waals surface area contributed by atoms with Crippen LogP contribution in [-0.2, 0) is 9.84 Å². The minimum atomic E-state index is -3.53. The number of sulfone groups is 1. The number of hydrogen-bond acceptors (Lipinski definition) is 5. The van der Waals surface area contributed by atoms with Crippen molar-refractivity contribution in [3.63, 3.8) is 0 Å². The third-order valence-electron chi connectivity index (χ3n) is 1.86. The predicted molar refractivity (Wildman–Crippen MR) is 52.9 cm³/mol. The molecule has 7 heteroatoms. The summed E-state index contributed by atoms with van der Waals surface area (Å²) in [5.74, 6) is 0.260. The van der Waals surface area contributed by atoms with Crippen molar-refractivity contribution < 1.29 is 8.42 Å². The Morgan fingerprint density at radius 1 is 1.53 bits per heavy atom. The molecule has 0 unspecified atom stereocenters. The Morgan fingerprint density at radius 2 is 2.27 bits per heavy atom.